The Bertz CT molecular complexity index is 1510. The van der Waals surface area contributed by atoms with Gasteiger partial charge >= 0.3 is 0 Å². The number of nitrogens with zero attached hydrogens (tertiary/aromatic N) is 7. The Morgan fingerprint density at radius 3 is 2.49 bits per heavy atom. The van der Waals surface area contributed by atoms with E-state index in [1.54, 1.807) is 17.1 Å². The van der Waals surface area contributed by atoms with Gasteiger partial charge in [-0.25, -0.2) is 14.6 Å². The number of rotatable bonds is 5. The van der Waals surface area contributed by atoms with Gasteiger partial charge in [0.25, 0.3) is 0 Å². The highest BCUT2D eigenvalue weighted by molar-refractivity contribution is 6.00. The van der Waals surface area contributed by atoms with Crippen LogP contribution in [0.2, 0.25) is 0 Å². The molecule has 0 aromatic carbocycles. The van der Waals surface area contributed by atoms with Crippen molar-refractivity contribution in [3.63, 3.8) is 0 Å². The van der Waals surface area contributed by atoms with Gasteiger partial charge in [0.1, 0.15) is 12.4 Å². The van der Waals surface area contributed by atoms with Crippen molar-refractivity contribution in [1.29, 1.82) is 0 Å². The number of aliphatic hydroxyl groups is 1. The fraction of sp³-hybridized carbons (Fsp3) is 0.385. The summed E-state index contributed by atoms with van der Waals surface area (Å²) in [6.07, 6.45) is 8.41. The number of piperidine rings is 1. The third-order valence-corrected chi connectivity index (χ3v) is 7.62. The molecule has 2 aliphatic heterocycles. The minimum atomic E-state index is -0.487. The average Bonchev–Trinajstić information content (AvgIpc) is 3.59. The number of amides is 1. The summed E-state index contributed by atoms with van der Waals surface area (Å²) in [5.41, 5.74) is 10.6. The largest absolute Gasteiger partial charge is 0.387 e. The number of nitrogen functional groups attached to an aromatic ring is 1. The van der Waals surface area contributed by atoms with Gasteiger partial charge in [0.05, 0.1) is 23.1 Å². The Morgan fingerprint density at radius 2 is 1.89 bits per heavy atom. The molecule has 11 nitrogen and oxygen atoms in total. The summed E-state index contributed by atoms with van der Waals surface area (Å²) in [5.74, 6) is 0.523. The molecule has 0 saturated carbocycles. The lowest BCUT2D eigenvalue weighted by Crippen LogP contribution is -2.47. The van der Waals surface area contributed by atoms with Crippen LogP contribution < -0.4 is 5.73 Å². The zero-order valence-electron chi connectivity index (χ0n) is 20.7. The molecule has 4 aromatic rings. The summed E-state index contributed by atoms with van der Waals surface area (Å²) in [4.78, 5) is 36.4. The van der Waals surface area contributed by atoms with Crippen molar-refractivity contribution < 1.29 is 14.7 Å². The molecule has 3 N–H and O–H groups in total. The third-order valence-electron chi connectivity index (χ3n) is 7.62. The normalized spacial score (nSPS) is 21.1. The quantitative estimate of drug-likeness (QED) is 0.397. The van der Waals surface area contributed by atoms with Crippen molar-refractivity contribution in [2.75, 3.05) is 12.3 Å². The van der Waals surface area contributed by atoms with E-state index >= 15 is 0 Å². The van der Waals surface area contributed by atoms with Crippen molar-refractivity contribution in [1.82, 2.24) is 34.3 Å². The van der Waals surface area contributed by atoms with Crippen molar-refractivity contribution in [3.05, 3.63) is 53.7 Å². The molecule has 1 amide bonds. The molecule has 6 heterocycles. The second kappa shape index (κ2) is 8.77. The van der Waals surface area contributed by atoms with Crippen LogP contribution >= 0.6 is 0 Å². The molecule has 2 bridgehead atoms. The van der Waals surface area contributed by atoms with Crippen LogP contribution in [-0.4, -0.2) is 69.7 Å². The summed E-state index contributed by atoms with van der Waals surface area (Å²) in [6.45, 7) is 2.93. The molecule has 4 aromatic heterocycles. The molecule has 6 rings (SSSR count). The number of Topliss-reactive ketones (excluding diaryl/α,β-unsaturated/α-hetero) is 1. The van der Waals surface area contributed by atoms with Crippen molar-refractivity contribution >= 4 is 23.2 Å². The molecule has 2 unspecified atom stereocenters. The van der Waals surface area contributed by atoms with Crippen LogP contribution in [0.25, 0.3) is 22.6 Å². The van der Waals surface area contributed by atoms with E-state index < -0.39 is 6.61 Å². The van der Waals surface area contributed by atoms with Gasteiger partial charge < -0.3 is 15.7 Å². The first kappa shape index (κ1) is 23.3. The number of fused-ring (bicyclic) bond motifs is 3. The van der Waals surface area contributed by atoms with E-state index in [0.29, 0.717) is 35.6 Å². The van der Waals surface area contributed by atoms with E-state index in [0.717, 1.165) is 29.7 Å². The van der Waals surface area contributed by atoms with Gasteiger partial charge in [-0.1, -0.05) is 0 Å². The first-order valence-electron chi connectivity index (χ1n) is 12.4. The molecule has 37 heavy (non-hydrogen) atoms. The number of anilines is 1. The number of pyridine rings is 1. The van der Waals surface area contributed by atoms with E-state index in [4.69, 9.17) is 10.7 Å². The summed E-state index contributed by atoms with van der Waals surface area (Å²) < 4.78 is 3.23. The van der Waals surface area contributed by atoms with Crippen molar-refractivity contribution in [3.8, 4) is 16.9 Å². The predicted molar refractivity (Wildman–Crippen MR) is 135 cm³/mol. The highest BCUT2D eigenvalue weighted by Crippen LogP contribution is 2.44. The van der Waals surface area contributed by atoms with Crippen molar-refractivity contribution in [2.24, 2.45) is 0 Å². The van der Waals surface area contributed by atoms with Gasteiger partial charge in [0, 0.05) is 41.5 Å². The lowest BCUT2D eigenvalue weighted by atomic mass is 9.85. The summed E-state index contributed by atoms with van der Waals surface area (Å²) in [5, 5.41) is 18.3. The minimum Gasteiger partial charge on any atom is -0.387 e. The van der Waals surface area contributed by atoms with E-state index in [2.05, 4.69) is 15.2 Å². The van der Waals surface area contributed by atoms with E-state index in [-0.39, 0.29) is 35.5 Å². The van der Waals surface area contributed by atoms with Crippen LogP contribution in [0.3, 0.4) is 0 Å². The Kier molecular flexibility index (Phi) is 5.52. The van der Waals surface area contributed by atoms with Gasteiger partial charge in [0.15, 0.2) is 17.2 Å². The van der Waals surface area contributed by atoms with Gasteiger partial charge in [-0.05, 0) is 57.7 Å². The molecule has 190 valence electrons. The van der Waals surface area contributed by atoms with Crippen molar-refractivity contribution in [2.45, 2.75) is 57.5 Å². The second-order valence-corrected chi connectivity index (χ2v) is 9.93. The van der Waals surface area contributed by atoms with E-state index in [1.165, 1.54) is 11.4 Å². The highest BCUT2D eigenvalue weighted by atomic mass is 16.3. The molecular weight excluding hydrogens is 472 g/mol. The number of aliphatic hydroxyl groups excluding tert-OH is 1. The highest BCUT2D eigenvalue weighted by Gasteiger charge is 2.44. The molecule has 11 heteroatoms. The Hall–Kier alpha value is -4.12. The minimum absolute atomic E-state index is 0.0227. The van der Waals surface area contributed by atoms with Gasteiger partial charge in [-0.3, -0.25) is 9.59 Å². The number of hydrogen-bond donors (Lipinski definition) is 2. The van der Waals surface area contributed by atoms with Crippen LogP contribution in [-0.2, 0) is 4.79 Å². The first-order chi connectivity index (χ1) is 17.9. The van der Waals surface area contributed by atoms with Crippen LogP contribution in [0.5, 0.6) is 0 Å². The Balaban J connectivity index is 1.41. The standard InChI is InChI=1S/C26H28N8O3/c1-14-7-8-32(31-14)21-6-3-16(11-28-21)20-12-29-34-25(27)23(15(2)36)24(30-26(20)34)17-9-18-4-5-19(10-17)33(18)22(37)13-35/h3,6-8,11-12,17-19,35H,4-5,9-10,13,27H2,1-2H3. The lowest BCUT2D eigenvalue weighted by molar-refractivity contribution is -0.138. The summed E-state index contributed by atoms with van der Waals surface area (Å²) in [6, 6.07) is 5.78. The maximum atomic E-state index is 12.7. The van der Waals surface area contributed by atoms with E-state index in [9.17, 15) is 14.7 Å². The number of nitrogens with two attached hydrogens (primary N) is 1. The lowest BCUT2D eigenvalue weighted by Gasteiger charge is -2.39. The topological polar surface area (TPSA) is 145 Å². The Labute approximate surface area is 212 Å². The van der Waals surface area contributed by atoms with Crippen LogP contribution in [0, 0.1) is 6.92 Å². The SMILES string of the molecule is CC(=O)c1c(C2CC3CCC(C2)N3C(=O)CO)nc2c(-c3ccc(-n4ccc(C)n4)nc3)cnn2c1N. The second-order valence-electron chi connectivity index (χ2n) is 9.93. The van der Waals surface area contributed by atoms with Crippen LogP contribution in [0.4, 0.5) is 5.82 Å². The molecule has 2 aliphatic rings. The number of carbonyl (C=O) groups is 2. The predicted octanol–water partition coefficient (Wildman–Crippen LogP) is 2.30. The molecular formula is C26H28N8O3. The van der Waals surface area contributed by atoms with Gasteiger partial charge in [-0.2, -0.15) is 14.7 Å². The van der Waals surface area contributed by atoms with Gasteiger partial charge in [-0.15, -0.1) is 0 Å². The average molecular weight is 501 g/mol. The summed E-state index contributed by atoms with van der Waals surface area (Å²) in [7, 11) is 0. The molecule has 2 atom stereocenters. The number of carbonyl (C=O) groups excluding carboxylic acids is 2. The van der Waals surface area contributed by atoms with Gasteiger partial charge in [0.2, 0.25) is 5.91 Å². The first-order valence-corrected chi connectivity index (χ1v) is 12.4. The molecule has 2 fully saturated rings. The molecule has 0 aliphatic carbocycles. The monoisotopic (exact) mass is 500 g/mol. The molecule has 0 spiro atoms. The third kappa shape index (κ3) is 3.77. The number of ketones is 1. The number of aromatic nitrogens is 6. The maximum absolute atomic E-state index is 12.7. The zero-order chi connectivity index (χ0) is 25.8. The van der Waals surface area contributed by atoms with Crippen LogP contribution in [0.1, 0.15) is 60.3 Å². The summed E-state index contributed by atoms with van der Waals surface area (Å²) >= 11 is 0. The maximum Gasteiger partial charge on any atom is 0.248 e. The van der Waals surface area contributed by atoms with E-state index in [1.807, 2.05) is 36.2 Å². The number of hydrogen-bond acceptors (Lipinski definition) is 8. The van der Waals surface area contributed by atoms with Crippen LogP contribution in [0.15, 0.2) is 36.8 Å². The fourth-order valence-electron chi connectivity index (χ4n) is 6.01. The number of aryl methyl sites for hydroxylation is 1. The molecule has 0 radical (unpaired) electrons. The zero-order valence-corrected chi connectivity index (χ0v) is 20.7. The fourth-order valence-corrected chi connectivity index (χ4v) is 6.01. The smallest absolute Gasteiger partial charge is 0.248 e. The molecule has 2 saturated heterocycles. The Morgan fingerprint density at radius 1 is 1.14 bits per heavy atom.